The minimum atomic E-state index is -0.485. The van der Waals surface area contributed by atoms with Crippen molar-refractivity contribution in [2.45, 2.75) is 57.1 Å². The molecule has 1 atom stereocenters. The number of nitrogens with one attached hydrogen (secondary N) is 1. The van der Waals surface area contributed by atoms with Crippen LogP contribution in [-0.2, 0) is 0 Å². The van der Waals surface area contributed by atoms with E-state index in [1.807, 2.05) is 18.3 Å². The van der Waals surface area contributed by atoms with Crippen molar-refractivity contribution in [1.82, 2.24) is 10.3 Å². The minimum absolute atomic E-state index is 0.265. The van der Waals surface area contributed by atoms with Crippen molar-refractivity contribution in [2.75, 3.05) is 6.54 Å². The Labute approximate surface area is 110 Å². The van der Waals surface area contributed by atoms with Gasteiger partial charge in [0.1, 0.15) is 0 Å². The molecule has 0 aromatic carbocycles. The van der Waals surface area contributed by atoms with Gasteiger partial charge in [0.2, 0.25) is 0 Å². The fourth-order valence-corrected chi connectivity index (χ4v) is 2.75. The number of pyridine rings is 1. The van der Waals surface area contributed by atoms with Crippen LogP contribution in [0.15, 0.2) is 24.4 Å². The van der Waals surface area contributed by atoms with Gasteiger partial charge < -0.3 is 10.4 Å². The number of rotatable bonds is 6. The second kappa shape index (κ2) is 6.30. The van der Waals surface area contributed by atoms with Crippen molar-refractivity contribution in [3.05, 3.63) is 30.1 Å². The maximum atomic E-state index is 10.4. The Morgan fingerprint density at radius 1 is 1.39 bits per heavy atom. The first-order chi connectivity index (χ1) is 8.73. The lowest BCUT2D eigenvalue weighted by atomic mass is 10.0. The van der Waals surface area contributed by atoms with Gasteiger partial charge >= 0.3 is 0 Å². The summed E-state index contributed by atoms with van der Waals surface area (Å²) in [5.41, 5.74) is 0.599. The van der Waals surface area contributed by atoms with E-state index in [2.05, 4.69) is 23.3 Å². The summed E-state index contributed by atoms with van der Waals surface area (Å²) in [6.07, 6.45) is 8.19. The van der Waals surface area contributed by atoms with E-state index in [9.17, 15) is 5.11 Å². The zero-order valence-corrected chi connectivity index (χ0v) is 11.2. The highest BCUT2D eigenvalue weighted by Crippen LogP contribution is 2.29. The van der Waals surface area contributed by atoms with Crippen molar-refractivity contribution < 1.29 is 5.11 Å². The zero-order chi connectivity index (χ0) is 12.8. The van der Waals surface area contributed by atoms with Crippen molar-refractivity contribution in [1.29, 1.82) is 0 Å². The molecule has 100 valence electrons. The molecule has 1 heterocycles. The molecule has 0 radical (unpaired) electrons. The van der Waals surface area contributed by atoms with Crippen molar-refractivity contribution >= 4 is 0 Å². The quantitative estimate of drug-likeness (QED) is 0.813. The van der Waals surface area contributed by atoms with Gasteiger partial charge in [0, 0.05) is 18.8 Å². The smallest absolute Gasteiger partial charge is 0.0771 e. The Morgan fingerprint density at radius 2 is 2.17 bits per heavy atom. The fourth-order valence-electron chi connectivity index (χ4n) is 2.75. The van der Waals surface area contributed by atoms with Gasteiger partial charge in [-0.2, -0.15) is 0 Å². The highest BCUT2D eigenvalue weighted by Gasteiger charge is 2.31. The third kappa shape index (κ3) is 3.53. The van der Waals surface area contributed by atoms with Gasteiger partial charge in [0.15, 0.2) is 0 Å². The topological polar surface area (TPSA) is 45.1 Å². The summed E-state index contributed by atoms with van der Waals surface area (Å²) in [5.74, 6) is 0. The molecule has 1 fully saturated rings. The molecule has 0 aliphatic heterocycles. The van der Waals surface area contributed by atoms with Crippen LogP contribution in [0.3, 0.4) is 0 Å². The highest BCUT2D eigenvalue weighted by molar-refractivity contribution is 5.09. The zero-order valence-electron chi connectivity index (χ0n) is 11.2. The van der Waals surface area contributed by atoms with E-state index in [1.165, 1.54) is 0 Å². The number of aromatic nitrogens is 1. The molecule has 2 rings (SSSR count). The van der Waals surface area contributed by atoms with Crippen molar-refractivity contribution in [3.63, 3.8) is 0 Å². The predicted octanol–water partition coefficient (Wildman–Crippen LogP) is 2.82. The largest absolute Gasteiger partial charge is 0.389 e. The standard InChI is InChI=1S/C15H24N2O/c1-2-7-13(14-8-3-6-11-16-14)17-12-15(18)9-4-5-10-15/h3,6,8,11,13,17-18H,2,4-5,7,9-10,12H2,1H3. The van der Waals surface area contributed by atoms with Crippen LogP contribution in [0.25, 0.3) is 0 Å². The van der Waals surface area contributed by atoms with Gasteiger partial charge in [-0.25, -0.2) is 0 Å². The van der Waals surface area contributed by atoms with E-state index in [-0.39, 0.29) is 6.04 Å². The molecule has 1 aliphatic rings. The number of nitrogens with zero attached hydrogens (tertiary/aromatic N) is 1. The molecule has 18 heavy (non-hydrogen) atoms. The summed E-state index contributed by atoms with van der Waals surface area (Å²) in [5, 5.41) is 13.9. The van der Waals surface area contributed by atoms with Crippen LogP contribution in [0, 0.1) is 0 Å². The number of aliphatic hydroxyl groups is 1. The summed E-state index contributed by atoms with van der Waals surface area (Å²) in [7, 11) is 0. The van der Waals surface area contributed by atoms with Gasteiger partial charge in [0.25, 0.3) is 0 Å². The van der Waals surface area contributed by atoms with Crippen LogP contribution >= 0.6 is 0 Å². The molecule has 0 amide bonds. The van der Waals surface area contributed by atoms with E-state index in [0.717, 1.165) is 44.2 Å². The van der Waals surface area contributed by atoms with Crippen LogP contribution in [0.1, 0.15) is 57.2 Å². The molecule has 1 unspecified atom stereocenters. The normalized spacial score (nSPS) is 19.9. The molecule has 0 saturated heterocycles. The molecule has 0 bridgehead atoms. The summed E-state index contributed by atoms with van der Waals surface area (Å²) >= 11 is 0. The minimum Gasteiger partial charge on any atom is -0.389 e. The predicted molar refractivity (Wildman–Crippen MR) is 73.3 cm³/mol. The van der Waals surface area contributed by atoms with Gasteiger partial charge in [-0.3, -0.25) is 4.98 Å². The molecule has 3 heteroatoms. The van der Waals surface area contributed by atoms with Crippen LogP contribution in [0.4, 0.5) is 0 Å². The highest BCUT2D eigenvalue weighted by atomic mass is 16.3. The van der Waals surface area contributed by atoms with E-state index >= 15 is 0 Å². The molecule has 0 spiro atoms. The van der Waals surface area contributed by atoms with E-state index in [1.54, 1.807) is 0 Å². The third-order valence-corrected chi connectivity index (χ3v) is 3.83. The van der Waals surface area contributed by atoms with Gasteiger partial charge in [0.05, 0.1) is 11.3 Å². The Balaban J connectivity index is 1.94. The molecule has 1 aliphatic carbocycles. The van der Waals surface area contributed by atoms with Gasteiger partial charge in [-0.15, -0.1) is 0 Å². The first-order valence-corrected chi connectivity index (χ1v) is 7.10. The summed E-state index contributed by atoms with van der Waals surface area (Å²) in [6.45, 7) is 2.87. The summed E-state index contributed by atoms with van der Waals surface area (Å²) in [4.78, 5) is 4.42. The maximum Gasteiger partial charge on any atom is 0.0771 e. The Hall–Kier alpha value is -0.930. The second-order valence-electron chi connectivity index (χ2n) is 5.41. The Morgan fingerprint density at radius 3 is 2.78 bits per heavy atom. The fraction of sp³-hybridized carbons (Fsp3) is 0.667. The molecule has 3 nitrogen and oxygen atoms in total. The van der Waals surface area contributed by atoms with E-state index in [4.69, 9.17) is 0 Å². The van der Waals surface area contributed by atoms with Gasteiger partial charge in [-0.05, 0) is 31.4 Å². The van der Waals surface area contributed by atoms with Crippen LogP contribution < -0.4 is 5.32 Å². The first kappa shape index (κ1) is 13.5. The lowest BCUT2D eigenvalue weighted by Crippen LogP contribution is -2.39. The second-order valence-corrected chi connectivity index (χ2v) is 5.41. The van der Waals surface area contributed by atoms with Crippen LogP contribution in [-0.4, -0.2) is 22.2 Å². The Kier molecular flexibility index (Phi) is 4.72. The number of hydrogen-bond acceptors (Lipinski definition) is 3. The average molecular weight is 248 g/mol. The molecule has 1 aromatic heterocycles. The molecule has 1 saturated carbocycles. The summed E-state index contributed by atoms with van der Waals surface area (Å²) < 4.78 is 0. The first-order valence-electron chi connectivity index (χ1n) is 7.10. The molecule has 1 aromatic rings. The lowest BCUT2D eigenvalue weighted by Gasteiger charge is -2.26. The SMILES string of the molecule is CCCC(NCC1(O)CCCC1)c1ccccn1. The van der Waals surface area contributed by atoms with Crippen LogP contribution in [0.5, 0.6) is 0 Å². The van der Waals surface area contributed by atoms with Gasteiger partial charge in [-0.1, -0.05) is 32.3 Å². The maximum absolute atomic E-state index is 10.4. The average Bonchev–Trinajstić information content (AvgIpc) is 2.83. The molecular weight excluding hydrogens is 224 g/mol. The lowest BCUT2D eigenvalue weighted by molar-refractivity contribution is 0.0443. The Bertz CT molecular complexity index is 347. The van der Waals surface area contributed by atoms with Crippen molar-refractivity contribution in [3.8, 4) is 0 Å². The molecule has 2 N–H and O–H groups in total. The van der Waals surface area contributed by atoms with Crippen LogP contribution in [0.2, 0.25) is 0 Å². The van der Waals surface area contributed by atoms with E-state index in [0.29, 0.717) is 6.54 Å². The molecular formula is C15H24N2O. The summed E-state index contributed by atoms with van der Waals surface area (Å²) in [6, 6.07) is 6.29. The van der Waals surface area contributed by atoms with E-state index < -0.39 is 5.60 Å². The number of hydrogen-bond donors (Lipinski definition) is 2. The third-order valence-electron chi connectivity index (χ3n) is 3.83. The monoisotopic (exact) mass is 248 g/mol. The van der Waals surface area contributed by atoms with Crippen molar-refractivity contribution in [2.24, 2.45) is 0 Å².